The number of carbonyl (C=O) groups is 1. The highest BCUT2D eigenvalue weighted by molar-refractivity contribution is 5.81. The second-order valence-electron chi connectivity index (χ2n) is 6.16. The molecule has 2 aromatic rings. The number of carbonyl (C=O) groups excluding carboxylic acids is 1. The fourth-order valence-electron chi connectivity index (χ4n) is 2.68. The van der Waals surface area contributed by atoms with Gasteiger partial charge >= 0.3 is 0 Å². The Morgan fingerprint density at radius 3 is 2.19 bits per heavy atom. The molecule has 146 valence electrons. The lowest BCUT2D eigenvalue weighted by molar-refractivity contribution is -0.128. The first-order chi connectivity index (χ1) is 13.2. The Morgan fingerprint density at radius 1 is 0.963 bits per heavy atom. The van der Waals surface area contributed by atoms with E-state index in [0.29, 0.717) is 25.3 Å². The molecule has 1 amide bonds. The molecular weight excluding hydrogens is 342 g/mol. The molecule has 0 unspecified atom stereocenters. The zero-order valence-corrected chi connectivity index (χ0v) is 16.4. The molecule has 5 nitrogen and oxygen atoms in total. The minimum absolute atomic E-state index is 0.0833. The number of rotatable bonds is 11. The van der Waals surface area contributed by atoms with E-state index >= 15 is 0 Å². The predicted molar refractivity (Wildman–Crippen MR) is 107 cm³/mol. The third-order valence-electron chi connectivity index (χ3n) is 4.18. The first-order valence-electron chi connectivity index (χ1n) is 9.46. The van der Waals surface area contributed by atoms with Gasteiger partial charge in [0, 0.05) is 6.54 Å². The van der Waals surface area contributed by atoms with Crippen LogP contribution < -0.4 is 19.5 Å². The van der Waals surface area contributed by atoms with Crippen molar-refractivity contribution >= 4 is 5.91 Å². The van der Waals surface area contributed by atoms with Crippen LogP contribution in [0.5, 0.6) is 17.2 Å². The predicted octanol–water partition coefficient (Wildman–Crippen LogP) is 4.00. The maximum Gasteiger partial charge on any atom is 0.261 e. The van der Waals surface area contributed by atoms with Crippen molar-refractivity contribution in [2.24, 2.45) is 0 Å². The van der Waals surface area contributed by atoms with Crippen LogP contribution in [-0.2, 0) is 11.2 Å². The minimum atomic E-state index is -0.496. The van der Waals surface area contributed by atoms with Crippen LogP contribution in [0.3, 0.4) is 0 Å². The van der Waals surface area contributed by atoms with Gasteiger partial charge < -0.3 is 19.5 Å². The van der Waals surface area contributed by atoms with Crippen LogP contribution in [0.4, 0.5) is 0 Å². The molecule has 5 heteroatoms. The van der Waals surface area contributed by atoms with E-state index in [0.717, 1.165) is 24.3 Å². The molecule has 0 saturated heterocycles. The van der Waals surface area contributed by atoms with Crippen molar-refractivity contribution in [1.82, 2.24) is 5.32 Å². The molecule has 0 aliphatic heterocycles. The number of benzene rings is 2. The van der Waals surface area contributed by atoms with Gasteiger partial charge in [-0.3, -0.25) is 4.79 Å². The van der Waals surface area contributed by atoms with E-state index in [1.54, 1.807) is 19.2 Å². The molecule has 1 atom stereocenters. The molecular formula is C22H29NO4. The third kappa shape index (κ3) is 6.85. The smallest absolute Gasteiger partial charge is 0.261 e. The largest absolute Gasteiger partial charge is 0.497 e. The number of hydrogen-bond donors (Lipinski definition) is 1. The van der Waals surface area contributed by atoms with Crippen molar-refractivity contribution in [2.45, 2.75) is 39.2 Å². The maximum absolute atomic E-state index is 12.4. The van der Waals surface area contributed by atoms with Gasteiger partial charge in [-0.05, 0) is 68.1 Å². The van der Waals surface area contributed by atoms with Gasteiger partial charge in [-0.15, -0.1) is 0 Å². The fourth-order valence-corrected chi connectivity index (χ4v) is 2.68. The fraction of sp³-hybridized carbons (Fsp3) is 0.409. The van der Waals surface area contributed by atoms with Crippen molar-refractivity contribution in [3.8, 4) is 17.2 Å². The lowest BCUT2D eigenvalue weighted by Crippen LogP contribution is -2.38. The molecule has 27 heavy (non-hydrogen) atoms. The lowest BCUT2D eigenvalue weighted by atomic mass is 10.1. The molecule has 0 fully saturated rings. The number of amides is 1. The highest BCUT2D eigenvalue weighted by atomic mass is 16.5. The topological polar surface area (TPSA) is 56.8 Å². The zero-order valence-electron chi connectivity index (χ0n) is 16.4. The van der Waals surface area contributed by atoms with Crippen molar-refractivity contribution in [3.05, 3.63) is 54.1 Å². The monoisotopic (exact) mass is 371 g/mol. The van der Waals surface area contributed by atoms with E-state index < -0.39 is 6.10 Å². The summed E-state index contributed by atoms with van der Waals surface area (Å²) in [7, 11) is 1.62. The molecule has 0 heterocycles. The Hall–Kier alpha value is -2.69. The van der Waals surface area contributed by atoms with E-state index in [4.69, 9.17) is 14.2 Å². The lowest BCUT2D eigenvalue weighted by Gasteiger charge is -2.17. The van der Waals surface area contributed by atoms with Gasteiger partial charge in [-0.1, -0.05) is 19.1 Å². The Kier molecular flexibility index (Phi) is 8.49. The Labute approximate surface area is 161 Å². The average Bonchev–Trinajstić information content (AvgIpc) is 2.71. The summed E-state index contributed by atoms with van der Waals surface area (Å²) in [5.41, 5.74) is 1.23. The summed E-state index contributed by atoms with van der Waals surface area (Å²) in [6.07, 6.45) is 1.89. The minimum Gasteiger partial charge on any atom is -0.497 e. The van der Waals surface area contributed by atoms with Crippen LogP contribution in [0.2, 0.25) is 0 Å². The molecule has 0 spiro atoms. The van der Waals surface area contributed by atoms with Crippen LogP contribution >= 0.6 is 0 Å². The number of nitrogens with one attached hydrogen (secondary N) is 1. The SMILES string of the molecule is CCOc1ccc(CCCNC(=O)[C@@H](CC)Oc2ccc(OC)cc2)cc1. The van der Waals surface area contributed by atoms with Gasteiger partial charge in [0.15, 0.2) is 6.10 Å². The average molecular weight is 371 g/mol. The Bertz CT molecular complexity index is 682. The first-order valence-corrected chi connectivity index (χ1v) is 9.46. The maximum atomic E-state index is 12.4. The molecule has 2 aromatic carbocycles. The summed E-state index contributed by atoms with van der Waals surface area (Å²) in [5.74, 6) is 2.22. The number of aryl methyl sites for hydroxylation is 1. The molecule has 0 aliphatic carbocycles. The van der Waals surface area contributed by atoms with E-state index in [1.165, 1.54) is 5.56 Å². The standard InChI is InChI=1S/C22H29NO4/c1-4-21(27-20-14-12-18(25-3)13-15-20)22(24)23-16-6-7-17-8-10-19(11-9-17)26-5-2/h8-15,21H,4-7,16H2,1-3H3,(H,23,24)/t21-/m1/s1. The second kappa shape index (κ2) is 11.1. The van der Waals surface area contributed by atoms with Crippen LogP contribution in [0.1, 0.15) is 32.3 Å². The van der Waals surface area contributed by atoms with Crippen molar-refractivity contribution in [3.63, 3.8) is 0 Å². The molecule has 0 aromatic heterocycles. The summed E-state index contributed by atoms with van der Waals surface area (Å²) >= 11 is 0. The first kappa shape index (κ1) is 20.6. The van der Waals surface area contributed by atoms with Crippen LogP contribution in [0.15, 0.2) is 48.5 Å². The highest BCUT2D eigenvalue weighted by Crippen LogP contribution is 2.19. The van der Waals surface area contributed by atoms with E-state index in [9.17, 15) is 4.79 Å². The molecule has 0 saturated carbocycles. The van der Waals surface area contributed by atoms with Crippen molar-refractivity contribution in [2.75, 3.05) is 20.3 Å². The molecule has 2 rings (SSSR count). The van der Waals surface area contributed by atoms with Gasteiger partial charge in [0.2, 0.25) is 0 Å². The summed E-state index contributed by atoms with van der Waals surface area (Å²) in [6, 6.07) is 15.3. The van der Waals surface area contributed by atoms with Gasteiger partial charge in [0.05, 0.1) is 13.7 Å². The Morgan fingerprint density at radius 2 is 1.59 bits per heavy atom. The van der Waals surface area contributed by atoms with Crippen molar-refractivity contribution < 1.29 is 19.0 Å². The zero-order chi connectivity index (χ0) is 19.5. The molecule has 1 N–H and O–H groups in total. The van der Waals surface area contributed by atoms with Crippen LogP contribution in [0.25, 0.3) is 0 Å². The highest BCUT2D eigenvalue weighted by Gasteiger charge is 2.17. The van der Waals surface area contributed by atoms with Gasteiger partial charge in [-0.25, -0.2) is 0 Å². The van der Waals surface area contributed by atoms with Crippen LogP contribution in [0, 0.1) is 0 Å². The van der Waals surface area contributed by atoms with Gasteiger partial charge in [0.1, 0.15) is 17.2 Å². The van der Waals surface area contributed by atoms with Crippen molar-refractivity contribution in [1.29, 1.82) is 0 Å². The van der Waals surface area contributed by atoms with Gasteiger partial charge in [0.25, 0.3) is 5.91 Å². The molecule has 0 radical (unpaired) electrons. The van der Waals surface area contributed by atoms with Crippen LogP contribution in [-0.4, -0.2) is 32.3 Å². The summed E-state index contributed by atoms with van der Waals surface area (Å²) in [4.78, 5) is 12.4. The summed E-state index contributed by atoms with van der Waals surface area (Å²) in [6.45, 7) is 5.20. The molecule has 0 aliphatic rings. The van der Waals surface area contributed by atoms with E-state index in [-0.39, 0.29) is 5.91 Å². The summed E-state index contributed by atoms with van der Waals surface area (Å²) < 4.78 is 16.4. The third-order valence-corrected chi connectivity index (χ3v) is 4.18. The normalized spacial score (nSPS) is 11.5. The second-order valence-corrected chi connectivity index (χ2v) is 6.16. The molecule has 0 bridgehead atoms. The quantitative estimate of drug-likeness (QED) is 0.607. The number of methoxy groups -OCH3 is 1. The number of hydrogen-bond acceptors (Lipinski definition) is 4. The Balaban J connectivity index is 1.73. The van der Waals surface area contributed by atoms with Gasteiger partial charge in [-0.2, -0.15) is 0 Å². The van der Waals surface area contributed by atoms with E-state index in [1.807, 2.05) is 38.1 Å². The van der Waals surface area contributed by atoms with E-state index in [2.05, 4.69) is 17.4 Å². The summed E-state index contributed by atoms with van der Waals surface area (Å²) in [5, 5.41) is 2.97. The number of ether oxygens (including phenoxy) is 3.